The van der Waals surface area contributed by atoms with Gasteiger partial charge in [0.15, 0.2) is 11.5 Å². The third-order valence-electron chi connectivity index (χ3n) is 4.01. The third-order valence-corrected chi connectivity index (χ3v) is 4.84. The second-order valence-corrected chi connectivity index (χ2v) is 7.20. The summed E-state index contributed by atoms with van der Waals surface area (Å²) in [6, 6.07) is 8.70. The quantitative estimate of drug-likeness (QED) is 0.514. The van der Waals surface area contributed by atoms with Gasteiger partial charge in [-0.15, -0.1) is 0 Å². The number of carbonyl (C=O) groups is 3. The number of amides is 4. The summed E-state index contributed by atoms with van der Waals surface area (Å²) in [5.41, 5.74) is 0.563. The maximum atomic E-state index is 12.9. The van der Waals surface area contributed by atoms with Crippen molar-refractivity contribution < 1.29 is 23.9 Å². The zero-order valence-electron chi connectivity index (χ0n) is 15.5. The van der Waals surface area contributed by atoms with Crippen LogP contribution in [0.5, 0.6) is 11.5 Å². The number of methoxy groups -OCH3 is 1. The van der Waals surface area contributed by atoms with Crippen molar-refractivity contribution in [2.24, 2.45) is 0 Å². The molecule has 0 aromatic heterocycles. The Morgan fingerprint density at radius 2 is 1.97 bits per heavy atom. The summed E-state index contributed by atoms with van der Waals surface area (Å²) in [6.45, 7) is 2.23. The largest absolute Gasteiger partial charge is 0.492 e. The van der Waals surface area contributed by atoms with Crippen LogP contribution >= 0.6 is 27.5 Å². The highest BCUT2D eigenvalue weighted by atomic mass is 79.9. The number of ether oxygens (including phenoxy) is 2. The van der Waals surface area contributed by atoms with E-state index in [9.17, 15) is 14.4 Å². The van der Waals surface area contributed by atoms with E-state index in [1.54, 1.807) is 30.3 Å². The summed E-state index contributed by atoms with van der Waals surface area (Å²) in [7, 11) is 1.51. The summed E-state index contributed by atoms with van der Waals surface area (Å²) in [6.07, 6.45) is 1.38. The number of halogens is 2. The molecule has 1 heterocycles. The predicted molar refractivity (Wildman–Crippen MR) is 112 cm³/mol. The van der Waals surface area contributed by atoms with E-state index in [4.69, 9.17) is 21.1 Å². The second-order valence-electron chi connectivity index (χ2n) is 5.90. The fourth-order valence-corrected chi connectivity index (χ4v) is 3.61. The first-order valence-electron chi connectivity index (χ1n) is 8.53. The summed E-state index contributed by atoms with van der Waals surface area (Å²) >= 11 is 9.36. The summed E-state index contributed by atoms with van der Waals surface area (Å²) < 4.78 is 11.5. The standard InChI is InChI=1S/C20H16BrClN2O5/c1-3-29-16-9-11(8-15(21)17(16)28-2)7-14-18(25)23-20(27)24(19(14)26)13-6-4-5-12(22)10-13/h4-10H,3H2,1-2H3,(H,23,25,27)/b14-7+. The topological polar surface area (TPSA) is 84.9 Å². The van der Waals surface area contributed by atoms with Crippen LogP contribution in [0.2, 0.25) is 5.02 Å². The first kappa shape index (κ1) is 20.9. The van der Waals surface area contributed by atoms with Crippen LogP contribution in [0.1, 0.15) is 12.5 Å². The van der Waals surface area contributed by atoms with E-state index in [-0.39, 0.29) is 11.3 Å². The molecule has 2 aromatic carbocycles. The predicted octanol–water partition coefficient (Wildman–Crippen LogP) is 4.18. The zero-order valence-corrected chi connectivity index (χ0v) is 17.8. The van der Waals surface area contributed by atoms with Crippen LogP contribution < -0.4 is 19.7 Å². The number of carbonyl (C=O) groups excluding carboxylic acids is 3. The second kappa shape index (κ2) is 8.67. The maximum absolute atomic E-state index is 12.9. The fraction of sp³-hybridized carbons (Fsp3) is 0.150. The van der Waals surface area contributed by atoms with E-state index in [1.807, 2.05) is 6.92 Å². The molecular formula is C20H16BrClN2O5. The number of hydrogen-bond donors (Lipinski definition) is 1. The Bertz CT molecular complexity index is 1040. The molecule has 9 heteroatoms. The lowest BCUT2D eigenvalue weighted by Gasteiger charge is -2.26. The number of rotatable bonds is 5. The average molecular weight is 480 g/mol. The van der Waals surface area contributed by atoms with Gasteiger partial charge in [-0.1, -0.05) is 17.7 Å². The molecular weight excluding hydrogens is 464 g/mol. The highest BCUT2D eigenvalue weighted by Gasteiger charge is 2.37. The minimum Gasteiger partial charge on any atom is -0.492 e. The number of anilines is 1. The van der Waals surface area contributed by atoms with Gasteiger partial charge in [0.1, 0.15) is 5.57 Å². The summed E-state index contributed by atoms with van der Waals surface area (Å²) in [4.78, 5) is 38.4. The fourth-order valence-electron chi connectivity index (χ4n) is 2.81. The molecule has 0 bridgehead atoms. The van der Waals surface area contributed by atoms with Crippen molar-refractivity contribution in [3.05, 3.63) is 57.0 Å². The first-order valence-corrected chi connectivity index (χ1v) is 9.70. The molecule has 1 aliphatic heterocycles. The number of nitrogens with zero attached hydrogens (tertiary/aromatic N) is 1. The van der Waals surface area contributed by atoms with Crippen molar-refractivity contribution in [3.63, 3.8) is 0 Å². The average Bonchev–Trinajstić information content (AvgIpc) is 2.65. The molecule has 150 valence electrons. The molecule has 1 fully saturated rings. The molecule has 0 unspecified atom stereocenters. The summed E-state index contributed by atoms with van der Waals surface area (Å²) in [5.74, 6) is -0.610. The van der Waals surface area contributed by atoms with E-state index in [0.29, 0.717) is 33.2 Å². The Kier molecular flexibility index (Phi) is 6.24. The zero-order chi connectivity index (χ0) is 21.1. The van der Waals surface area contributed by atoms with Crippen LogP contribution in [0.3, 0.4) is 0 Å². The maximum Gasteiger partial charge on any atom is 0.335 e. The van der Waals surface area contributed by atoms with Crippen molar-refractivity contribution in [3.8, 4) is 11.5 Å². The van der Waals surface area contributed by atoms with E-state index in [1.165, 1.54) is 19.3 Å². The molecule has 3 rings (SSSR count). The number of hydrogen-bond acceptors (Lipinski definition) is 5. The Hall–Kier alpha value is -2.84. The number of imide groups is 2. The van der Waals surface area contributed by atoms with Gasteiger partial charge in [-0.3, -0.25) is 14.9 Å². The van der Waals surface area contributed by atoms with Gasteiger partial charge >= 0.3 is 6.03 Å². The SMILES string of the molecule is CCOc1cc(/C=C2\C(=O)NC(=O)N(c3cccc(Cl)c3)C2=O)cc(Br)c1OC. The van der Waals surface area contributed by atoms with Gasteiger partial charge < -0.3 is 9.47 Å². The number of nitrogens with one attached hydrogen (secondary N) is 1. The number of urea groups is 1. The van der Waals surface area contributed by atoms with Gasteiger partial charge in [0.2, 0.25) is 0 Å². The van der Waals surface area contributed by atoms with Crippen molar-refractivity contribution in [2.75, 3.05) is 18.6 Å². The molecule has 0 aliphatic carbocycles. The van der Waals surface area contributed by atoms with Crippen molar-refractivity contribution >= 4 is 57.1 Å². The van der Waals surface area contributed by atoms with E-state index < -0.39 is 17.8 Å². The molecule has 1 aliphatic rings. The van der Waals surface area contributed by atoms with Gasteiger partial charge in [0, 0.05) is 5.02 Å². The molecule has 0 saturated carbocycles. The molecule has 0 spiro atoms. The van der Waals surface area contributed by atoms with Crippen molar-refractivity contribution in [2.45, 2.75) is 6.92 Å². The lowest BCUT2D eigenvalue weighted by Crippen LogP contribution is -2.54. The molecule has 1 N–H and O–H groups in total. The summed E-state index contributed by atoms with van der Waals surface area (Å²) in [5, 5.41) is 2.53. The van der Waals surface area contributed by atoms with Crippen LogP contribution in [0, 0.1) is 0 Å². The monoisotopic (exact) mass is 478 g/mol. The van der Waals surface area contributed by atoms with Crippen LogP contribution in [-0.2, 0) is 9.59 Å². The van der Waals surface area contributed by atoms with Gasteiger partial charge in [-0.2, -0.15) is 0 Å². The lowest BCUT2D eigenvalue weighted by atomic mass is 10.1. The lowest BCUT2D eigenvalue weighted by molar-refractivity contribution is -0.122. The third kappa shape index (κ3) is 4.28. The van der Waals surface area contributed by atoms with Gasteiger partial charge in [0.05, 0.1) is 23.9 Å². The first-order chi connectivity index (χ1) is 13.8. The minimum absolute atomic E-state index is 0.205. The Morgan fingerprint density at radius 1 is 1.21 bits per heavy atom. The van der Waals surface area contributed by atoms with Crippen LogP contribution in [0.15, 0.2) is 46.4 Å². The Balaban J connectivity index is 2.05. The smallest absolute Gasteiger partial charge is 0.335 e. The minimum atomic E-state index is -0.842. The van der Waals surface area contributed by atoms with Crippen molar-refractivity contribution in [1.82, 2.24) is 5.32 Å². The molecule has 1 saturated heterocycles. The van der Waals surface area contributed by atoms with Gasteiger partial charge in [0.25, 0.3) is 11.8 Å². The molecule has 0 atom stereocenters. The Labute approximate surface area is 180 Å². The molecule has 29 heavy (non-hydrogen) atoms. The molecule has 7 nitrogen and oxygen atoms in total. The molecule has 0 radical (unpaired) electrons. The molecule has 4 amide bonds. The highest BCUT2D eigenvalue weighted by Crippen LogP contribution is 2.37. The van der Waals surface area contributed by atoms with Crippen LogP contribution in [-0.4, -0.2) is 31.6 Å². The van der Waals surface area contributed by atoms with E-state index in [2.05, 4.69) is 21.2 Å². The Morgan fingerprint density at radius 3 is 2.62 bits per heavy atom. The van der Waals surface area contributed by atoms with Crippen LogP contribution in [0.4, 0.5) is 10.5 Å². The number of benzene rings is 2. The molecule has 2 aromatic rings. The van der Waals surface area contributed by atoms with Crippen molar-refractivity contribution in [1.29, 1.82) is 0 Å². The van der Waals surface area contributed by atoms with E-state index >= 15 is 0 Å². The van der Waals surface area contributed by atoms with Gasteiger partial charge in [-0.25, -0.2) is 9.69 Å². The van der Waals surface area contributed by atoms with E-state index in [0.717, 1.165) is 4.90 Å². The normalized spacial score (nSPS) is 15.5. The van der Waals surface area contributed by atoms with Gasteiger partial charge in [-0.05, 0) is 64.8 Å². The number of barbiturate groups is 1. The van der Waals surface area contributed by atoms with Crippen LogP contribution in [0.25, 0.3) is 6.08 Å². The highest BCUT2D eigenvalue weighted by molar-refractivity contribution is 9.10.